The molecule has 0 aliphatic carbocycles. The first-order valence-corrected chi connectivity index (χ1v) is 10.2. The first kappa shape index (κ1) is 19.3. The van der Waals surface area contributed by atoms with Crippen LogP contribution in [0.4, 0.5) is 11.4 Å². The number of amides is 2. The third-order valence-electron chi connectivity index (χ3n) is 5.88. The van der Waals surface area contributed by atoms with Crippen LogP contribution in [0.5, 0.6) is 5.75 Å². The summed E-state index contributed by atoms with van der Waals surface area (Å²) in [5.41, 5.74) is 3.38. The van der Waals surface area contributed by atoms with Crippen LogP contribution < -0.4 is 14.7 Å². The van der Waals surface area contributed by atoms with Crippen LogP contribution in [0.2, 0.25) is 0 Å². The molecule has 0 unspecified atom stereocenters. The Morgan fingerprint density at radius 2 is 1.48 bits per heavy atom. The molecule has 0 bridgehead atoms. The molecule has 0 N–H and O–H groups in total. The second-order valence-electron chi connectivity index (χ2n) is 7.78. The number of para-hydroxylation sites is 1. The number of benzene rings is 3. The molecule has 2 heterocycles. The van der Waals surface area contributed by atoms with Crippen LogP contribution in [0.3, 0.4) is 0 Å². The van der Waals surface area contributed by atoms with Crippen molar-refractivity contribution in [2.75, 3.05) is 17.1 Å². The van der Waals surface area contributed by atoms with Gasteiger partial charge in [0.05, 0.1) is 24.5 Å². The van der Waals surface area contributed by atoms with Crippen molar-refractivity contribution in [1.29, 1.82) is 0 Å². The number of ether oxygens (including phenoxy) is 1. The molecule has 156 valence electrons. The van der Waals surface area contributed by atoms with E-state index in [1.165, 1.54) is 4.90 Å². The Bertz CT molecular complexity index is 1110. The number of hydroxylamine groups is 1. The van der Waals surface area contributed by atoms with Gasteiger partial charge in [0.1, 0.15) is 11.7 Å². The predicted molar refractivity (Wildman–Crippen MR) is 117 cm³/mol. The molecular formula is C25H22N2O4. The van der Waals surface area contributed by atoms with Gasteiger partial charge in [-0.05, 0) is 48.9 Å². The monoisotopic (exact) mass is 414 g/mol. The van der Waals surface area contributed by atoms with Crippen molar-refractivity contribution in [1.82, 2.24) is 0 Å². The molecule has 0 spiro atoms. The van der Waals surface area contributed by atoms with Gasteiger partial charge in [-0.2, -0.15) is 0 Å². The molecular weight excluding hydrogens is 392 g/mol. The van der Waals surface area contributed by atoms with Gasteiger partial charge in [0.2, 0.25) is 5.91 Å². The summed E-state index contributed by atoms with van der Waals surface area (Å²) in [6.07, 6.45) is -0.874. The number of rotatable bonds is 4. The standard InChI is InChI=1S/C25H22N2O4/c1-16-8-10-17(11-9-16)22-21-23(31-27(22)19-6-4-3-5-7-19)25(29)26(24(21)28)18-12-14-20(30-2)15-13-18/h3-15,21-23H,1-2H3/t21-,22+,23-/m0/s1. The third-order valence-corrected chi connectivity index (χ3v) is 5.88. The molecule has 6 nitrogen and oxygen atoms in total. The van der Waals surface area contributed by atoms with Gasteiger partial charge in [0.15, 0.2) is 6.10 Å². The first-order chi connectivity index (χ1) is 15.1. The summed E-state index contributed by atoms with van der Waals surface area (Å²) in [7, 11) is 1.57. The molecule has 3 aromatic rings. The van der Waals surface area contributed by atoms with Crippen LogP contribution >= 0.6 is 0 Å². The SMILES string of the molecule is COc1ccc(N2C(=O)[C@@H]3[C@H](ON(c4ccccc4)[C@@H]3c3ccc(C)cc3)C2=O)cc1. The zero-order valence-corrected chi connectivity index (χ0v) is 17.3. The number of hydrogen-bond donors (Lipinski definition) is 0. The van der Waals surface area contributed by atoms with Gasteiger partial charge in [-0.25, -0.2) is 9.96 Å². The maximum Gasteiger partial charge on any atom is 0.266 e. The van der Waals surface area contributed by atoms with Crippen LogP contribution in [0.15, 0.2) is 78.9 Å². The number of anilines is 2. The zero-order valence-electron chi connectivity index (χ0n) is 17.3. The Morgan fingerprint density at radius 1 is 0.806 bits per heavy atom. The number of carbonyl (C=O) groups is 2. The highest BCUT2D eigenvalue weighted by molar-refractivity contribution is 6.23. The molecule has 6 heteroatoms. The van der Waals surface area contributed by atoms with E-state index < -0.39 is 18.1 Å². The molecule has 0 saturated carbocycles. The highest BCUT2D eigenvalue weighted by Gasteiger charge is 2.60. The fourth-order valence-electron chi connectivity index (χ4n) is 4.30. The van der Waals surface area contributed by atoms with E-state index in [2.05, 4.69) is 0 Å². The van der Waals surface area contributed by atoms with E-state index in [1.807, 2.05) is 61.5 Å². The normalized spacial score (nSPS) is 22.7. The van der Waals surface area contributed by atoms with Crippen molar-refractivity contribution in [3.05, 3.63) is 90.0 Å². The molecule has 2 aliphatic rings. The number of hydrogen-bond acceptors (Lipinski definition) is 5. The summed E-state index contributed by atoms with van der Waals surface area (Å²) < 4.78 is 5.19. The Kier molecular flexibility index (Phi) is 4.71. The van der Waals surface area contributed by atoms with Gasteiger partial charge in [0.25, 0.3) is 5.91 Å². The second kappa shape index (κ2) is 7.56. The Labute approximate surface area is 180 Å². The Morgan fingerprint density at radius 3 is 2.13 bits per heavy atom. The minimum absolute atomic E-state index is 0.260. The van der Waals surface area contributed by atoms with E-state index in [1.54, 1.807) is 36.4 Å². The van der Waals surface area contributed by atoms with Gasteiger partial charge in [-0.1, -0.05) is 48.0 Å². The van der Waals surface area contributed by atoms with Crippen molar-refractivity contribution in [2.24, 2.45) is 5.92 Å². The number of nitrogens with zero attached hydrogens (tertiary/aromatic N) is 2. The van der Waals surface area contributed by atoms with Gasteiger partial charge >= 0.3 is 0 Å². The lowest BCUT2D eigenvalue weighted by molar-refractivity contribution is -0.126. The average molecular weight is 414 g/mol. The Balaban J connectivity index is 1.56. The molecule has 31 heavy (non-hydrogen) atoms. The number of imide groups is 1. The summed E-state index contributed by atoms with van der Waals surface area (Å²) in [4.78, 5) is 34.2. The number of carbonyl (C=O) groups excluding carboxylic acids is 2. The maximum absolute atomic E-state index is 13.5. The minimum atomic E-state index is -0.874. The number of methoxy groups -OCH3 is 1. The third kappa shape index (κ3) is 3.16. The molecule has 0 aromatic heterocycles. The van der Waals surface area contributed by atoms with Crippen molar-refractivity contribution in [3.63, 3.8) is 0 Å². The first-order valence-electron chi connectivity index (χ1n) is 10.2. The van der Waals surface area contributed by atoms with Gasteiger partial charge in [-0.15, -0.1) is 0 Å². The van der Waals surface area contributed by atoms with E-state index >= 15 is 0 Å². The van der Waals surface area contributed by atoms with E-state index in [-0.39, 0.29) is 11.8 Å². The van der Waals surface area contributed by atoms with Crippen LogP contribution in [0.1, 0.15) is 17.2 Å². The predicted octanol–water partition coefficient (Wildman–Crippen LogP) is 4.05. The summed E-state index contributed by atoms with van der Waals surface area (Å²) in [6.45, 7) is 2.02. The molecule has 2 fully saturated rings. The molecule has 0 radical (unpaired) electrons. The van der Waals surface area contributed by atoms with E-state index in [9.17, 15) is 9.59 Å². The second-order valence-corrected chi connectivity index (χ2v) is 7.78. The van der Waals surface area contributed by atoms with E-state index in [0.717, 1.165) is 16.8 Å². The lowest BCUT2D eigenvalue weighted by atomic mass is 9.90. The van der Waals surface area contributed by atoms with E-state index in [0.29, 0.717) is 11.4 Å². The van der Waals surface area contributed by atoms with Crippen LogP contribution in [0.25, 0.3) is 0 Å². The lowest BCUT2D eigenvalue weighted by Crippen LogP contribution is -2.37. The van der Waals surface area contributed by atoms with Gasteiger partial charge in [0, 0.05) is 0 Å². The largest absolute Gasteiger partial charge is 0.497 e. The minimum Gasteiger partial charge on any atom is -0.497 e. The van der Waals surface area contributed by atoms with Crippen molar-refractivity contribution in [3.8, 4) is 5.75 Å². The Hall–Kier alpha value is -3.64. The molecule has 5 rings (SSSR count). The zero-order chi connectivity index (χ0) is 21.5. The fourth-order valence-corrected chi connectivity index (χ4v) is 4.30. The van der Waals surface area contributed by atoms with Gasteiger partial charge in [-0.3, -0.25) is 14.4 Å². The number of aryl methyl sites for hydroxylation is 1. The van der Waals surface area contributed by atoms with Gasteiger partial charge < -0.3 is 4.74 Å². The van der Waals surface area contributed by atoms with Crippen LogP contribution in [0, 0.1) is 12.8 Å². The molecule has 2 amide bonds. The fraction of sp³-hybridized carbons (Fsp3) is 0.200. The topological polar surface area (TPSA) is 59.1 Å². The van der Waals surface area contributed by atoms with Crippen molar-refractivity contribution in [2.45, 2.75) is 19.1 Å². The molecule has 2 aliphatic heterocycles. The average Bonchev–Trinajstić information content (AvgIpc) is 3.31. The quantitative estimate of drug-likeness (QED) is 0.603. The van der Waals surface area contributed by atoms with Crippen LogP contribution in [-0.4, -0.2) is 25.0 Å². The summed E-state index contributed by atoms with van der Waals surface area (Å²) in [5, 5.41) is 1.71. The lowest BCUT2D eigenvalue weighted by Gasteiger charge is -2.28. The summed E-state index contributed by atoms with van der Waals surface area (Å²) >= 11 is 0. The van der Waals surface area contributed by atoms with Crippen molar-refractivity contribution >= 4 is 23.2 Å². The number of fused-ring (bicyclic) bond motifs is 1. The highest BCUT2D eigenvalue weighted by atomic mass is 16.7. The van der Waals surface area contributed by atoms with Crippen LogP contribution in [-0.2, 0) is 14.4 Å². The molecule has 2 saturated heterocycles. The summed E-state index contributed by atoms with van der Waals surface area (Å²) in [6, 6.07) is 24.1. The molecule has 3 atom stereocenters. The summed E-state index contributed by atoms with van der Waals surface area (Å²) in [5.74, 6) is -0.593. The van der Waals surface area contributed by atoms with E-state index in [4.69, 9.17) is 9.57 Å². The highest BCUT2D eigenvalue weighted by Crippen LogP contribution is 2.47. The molecule has 3 aromatic carbocycles. The maximum atomic E-state index is 13.5. The smallest absolute Gasteiger partial charge is 0.266 e. The van der Waals surface area contributed by atoms with Crippen molar-refractivity contribution < 1.29 is 19.2 Å².